The summed E-state index contributed by atoms with van der Waals surface area (Å²) in [6.07, 6.45) is -3.10. The van der Waals surface area contributed by atoms with Gasteiger partial charge in [-0.05, 0) is 12.1 Å². The van der Waals surface area contributed by atoms with Crippen molar-refractivity contribution in [1.82, 2.24) is 20.3 Å². The highest BCUT2D eigenvalue weighted by atomic mass is 19.4. The smallest absolute Gasteiger partial charge is 0.370 e. The molecule has 1 amide bonds. The minimum Gasteiger partial charge on any atom is -0.370 e. The van der Waals surface area contributed by atoms with Crippen LogP contribution >= 0.6 is 0 Å². The summed E-state index contributed by atoms with van der Waals surface area (Å²) in [7, 11) is 0. The van der Waals surface area contributed by atoms with Gasteiger partial charge < -0.3 is 10.1 Å². The number of rotatable bonds is 6. The number of benzene rings is 1. The van der Waals surface area contributed by atoms with Gasteiger partial charge in [0, 0.05) is 6.54 Å². The number of carbonyl (C=O) groups excluding carboxylic acids is 1. The molecule has 118 valence electrons. The van der Waals surface area contributed by atoms with E-state index >= 15 is 0 Å². The Labute approximate surface area is 123 Å². The number of nitrogens with one attached hydrogen (secondary N) is 1. The molecule has 1 heterocycles. The number of ether oxygens (including phenoxy) is 1. The molecule has 1 N–H and O–H groups in total. The molecule has 0 saturated heterocycles. The van der Waals surface area contributed by atoms with Crippen LogP contribution in [0.1, 0.15) is 10.5 Å². The van der Waals surface area contributed by atoms with Crippen molar-refractivity contribution in [3.8, 4) is 5.69 Å². The molecule has 1 aromatic heterocycles. The summed E-state index contributed by atoms with van der Waals surface area (Å²) in [5.41, 5.74) is 0.759. The second kappa shape index (κ2) is 7.03. The number of amides is 1. The van der Waals surface area contributed by atoms with Crippen molar-refractivity contribution in [2.45, 2.75) is 6.18 Å². The van der Waals surface area contributed by atoms with Crippen LogP contribution in [0.5, 0.6) is 0 Å². The molecule has 9 heteroatoms. The third-order valence-corrected chi connectivity index (χ3v) is 2.51. The fraction of sp³-hybridized carbons (Fsp3) is 0.308. The molecule has 0 saturated carbocycles. The van der Waals surface area contributed by atoms with Gasteiger partial charge in [-0.15, -0.1) is 5.10 Å². The molecule has 0 spiro atoms. The molecule has 0 fully saturated rings. The number of para-hydroxylation sites is 1. The highest BCUT2D eigenvalue weighted by molar-refractivity contribution is 5.91. The van der Waals surface area contributed by atoms with Crippen LogP contribution in [0.25, 0.3) is 5.69 Å². The maximum atomic E-state index is 11.8. The van der Waals surface area contributed by atoms with Crippen LogP contribution in [0.3, 0.4) is 0 Å². The topological polar surface area (TPSA) is 69.0 Å². The van der Waals surface area contributed by atoms with Gasteiger partial charge in [-0.3, -0.25) is 4.79 Å². The van der Waals surface area contributed by atoms with Gasteiger partial charge in [0.15, 0.2) is 5.69 Å². The summed E-state index contributed by atoms with van der Waals surface area (Å²) in [5, 5.41) is 10.3. The minimum absolute atomic E-state index is 0.0485. The lowest BCUT2D eigenvalue weighted by molar-refractivity contribution is -0.173. The van der Waals surface area contributed by atoms with E-state index in [2.05, 4.69) is 20.3 Å². The zero-order chi connectivity index (χ0) is 16.0. The SMILES string of the molecule is O=C(NCCOCC(F)(F)F)c1cnn(-c2ccccc2)n1. The summed E-state index contributed by atoms with van der Waals surface area (Å²) in [6.45, 7) is -1.63. The first-order valence-electron chi connectivity index (χ1n) is 6.36. The molecule has 0 aliphatic heterocycles. The van der Waals surface area contributed by atoms with Crippen LogP contribution < -0.4 is 5.32 Å². The fourth-order valence-electron chi connectivity index (χ4n) is 1.57. The van der Waals surface area contributed by atoms with Gasteiger partial charge in [0.2, 0.25) is 0 Å². The molecule has 2 rings (SSSR count). The molecule has 0 radical (unpaired) electrons. The standard InChI is InChI=1S/C13H13F3N4O2/c14-13(15,16)9-22-7-6-17-12(21)11-8-18-20(19-11)10-4-2-1-3-5-10/h1-5,8H,6-7,9H2,(H,17,21). The maximum absolute atomic E-state index is 11.8. The molecule has 1 aromatic carbocycles. The third kappa shape index (κ3) is 4.85. The Morgan fingerprint density at radius 1 is 1.27 bits per heavy atom. The van der Waals surface area contributed by atoms with E-state index in [0.29, 0.717) is 5.69 Å². The molecule has 0 aliphatic carbocycles. The molecule has 2 aromatic rings. The van der Waals surface area contributed by atoms with Gasteiger partial charge in [-0.1, -0.05) is 18.2 Å². The number of halogens is 3. The van der Waals surface area contributed by atoms with E-state index in [1.54, 1.807) is 24.3 Å². The van der Waals surface area contributed by atoms with Crippen LogP contribution in [0.2, 0.25) is 0 Å². The summed E-state index contributed by atoms with van der Waals surface area (Å²) < 4.78 is 39.9. The van der Waals surface area contributed by atoms with E-state index in [-0.39, 0.29) is 18.8 Å². The number of hydrogen-bond donors (Lipinski definition) is 1. The zero-order valence-corrected chi connectivity index (χ0v) is 11.4. The Balaban J connectivity index is 1.80. The van der Waals surface area contributed by atoms with Gasteiger partial charge in [0.05, 0.1) is 18.5 Å². The van der Waals surface area contributed by atoms with E-state index < -0.39 is 18.7 Å². The first-order valence-corrected chi connectivity index (χ1v) is 6.36. The monoisotopic (exact) mass is 314 g/mol. The molecular formula is C13H13F3N4O2. The van der Waals surface area contributed by atoms with Crippen LogP contribution in [-0.4, -0.2) is 46.8 Å². The predicted molar refractivity (Wildman–Crippen MR) is 70.6 cm³/mol. The van der Waals surface area contributed by atoms with Crippen molar-refractivity contribution in [1.29, 1.82) is 0 Å². The number of nitrogens with zero attached hydrogens (tertiary/aromatic N) is 3. The third-order valence-electron chi connectivity index (χ3n) is 2.51. The largest absolute Gasteiger partial charge is 0.411 e. The molecule has 0 bridgehead atoms. The van der Waals surface area contributed by atoms with E-state index in [4.69, 9.17) is 0 Å². The first kappa shape index (κ1) is 16.0. The van der Waals surface area contributed by atoms with E-state index in [1.807, 2.05) is 6.07 Å². The predicted octanol–water partition coefficient (Wildman–Crippen LogP) is 1.58. The van der Waals surface area contributed by atoms with E-state index in [9.17, 15) is 18.0 Å². The summed E-state index contributed by atoms with van der Waals surface area (Å²) in [4.78, 5) is 13.0. The second-order valence-corrected chi connectivity index (χ2v) is 4.28. The second-order valence-electron chi connectivity index (χ2n) is 4.28. The Kier molecular flexibility index (Phi) is 5.10. The maximum Gasteiger partial charge on any atom is 0.411 e. The minimum atomic E-state index is -4.37. The Morgan fingerprint density at radius 2 is 2.00 bits per heavy atom. The average Bonchev–Trinajstić information content (AvgIpc) is 2.96. The van der Waals surface area contributed by atoms with Gasteiger partial charge in [0.25, 0.3) is 5.91 Å². The molecule has 0 unspecified atom stereocenters. The van der Waals surface area contributed by atoms with Crippen molar-refractivity contribution in [3.05, 3.63) is 42.2 Å². The number of alkyl halides is 3. The Bertz CT molecular complexity index is 613. The Hall–Kier alpha value is -2.42. The molecule has 6 nitrogen and oxygen atoms in total. The van der Waals surface area contributed by atoms with Gasteiger partial charge in [0.1, 0.15) is 6.61 Å². The molecule has 0 aliphatic rings. The van der Waals surface area contributed by atoms with E-state index in [1.165, 1.54) is 11.0 Å². The van der Waals surface area contributed by atoms with Crippen LogP contribution in [0, 0.1) is 0 Å². The van der Waals surface area contributed by atoms with Crippen LogP contribution in [0.4, 0.5) is 13.2 Å². The van der Waals surface area contributed by atoms with Gasteiger partial charge in [-0.25, -0.2) is 0 Å². The van der Waals surface area contributed by atoms with Gasteiger partial charge >= 0.3 is 6.18 Å². The van der Waals surface area contributed by atoms with Gasteiger partial charge in [-0.2, -0.15) is 23.1 Å². The lowest BCUT2D eigenvalue weighted by atomic mass is 10.3. The summed E-state index contributed by atoms with van der Waals surface area (Å²) in [6, 6.07) is 8.98. The Morgan fingerprint density at radius 3 is 2.68 bits per heavy atom. The highest BCUT2D eigenvalue weighted by Crippen LogP contribution is 2.13. The van der Waals surface area contributed by atoms with Crippen molar-refractivity contribution in [2.24, 2.45) is 0 Å². The summed E-state index contributed by atoms with van der Waals surface area (Å²) in [5.74, 6) is -0.530. The van der Waals surface area contributed by atoms with Crippen molar-refractivity contribution in [3.63, 3.8) is 0 Å². The number of aromatic nitrogens is 3. The average molecular weight is 314 g/mol. The zero-order valence-electron chi connectivity index (χ0n) is 11.4. The molecular weight excluding hydrogens is 301 g/mol. The van der Waals surface area contributed by atoms with Crippen molar-refractivity contribution in [2.75, 3.05) is 19.8 Å². The van der Waals surface area contributed by atoms with Crippen molar-refractivity contribution < 1.29 is 22.7 Å². The lowest BCUT2D eigenvalue weighted by Crippen LogP contribution is -2.29. The normalized spacial score (nSPS) is 11.4. The molecule has 0 atom stereocenters. The summed E-state index contributed by atoms with van der Waals surface area (Å²) >= 11 is 0. The first-order chi connectivity index (χ1) is 10.5. The quantitative estimate of drug-likeness (QED) is 0.822. The number of carbonyl (C=O) groups is 1. The van der Waals surface area contributed by atoms with Crippen LogP contribution in [-0.2, 0) is 4.74 Å². The van der Waals surface area contributed by atoms with Crippen molar-refractivity contribution >= 4 is 5.91 Å². The van der Waals surface area contributed by atoms with E-state index in [0.717, 1.165) is 0 Å². The fourth-order valence-corrected chi connectivity index (χ4v) is 1.57. The van der Waals surface area contributed by atoms with Crippen LogP contribution in [0.15, 0.2) is 36.5 Å². The highest BCUT2D eigenvalue weighted by Gasteiger charge is 2.27. The molecule has 22 heavy (non-hydrogen) atoms. The lowest BCUT2D eigenvalue weighted by Gasteiger charge is -2.07. The number of hydrogen-bond acceptors (Lipinski definition) is 4.